The van der Waals surface area contributed by atoms with Crippen LogP contribution in [0.1, 0.15) is 25.3 Å². The van der Waals surface area contributed by atoms with Gasteiger partial charge >= 0.3 is 0 Å². The van der Waals surface area contributed by atoms with Crippen LogP contribution in [0.3, 0.4) is 0 Å². The fourth-order valence-corrected chi connectivity index (χ4v) is 5.41. The van der Waals surface area contributed by atoms with E-state index in [-0.39, 0.29) is 11.3 Å². The number of halogens is 1. The number of piperazine rings is 1. The van der Waals surface area contributed by atoms with E-state index in [0.717, 1.165) is 29.8 Å². The molecule has 2 aromatic heterocycles. The summed E-state index contributed by atoms with van der Waals surface area (Å²) >= 11 is 0. The van der Waals surface area contributed by atoms with Crippen molar-refractivity contribution in [2.45, 2.75) is 38.4 Å². The van der Waals surface area contributed by atoms with Crippen LogP contribution in [0.4, 0.5) is 10.2 Å². The average molecular weight is 442 g/mol. The highest BCUT2D eigenvalue weighted by atomic mass is 19.1. The molecule has 2 aliphatic heterocycles. The zero-order valence-corrected chi connectivity index (χ0v) is 18.3. The minimum Gasteiger partial charge on any atom is -0.508 e. The van der Waals surface area contributed by atoms with Crippen molar-refractivity contribution in [1.29, 1.82) is 0 Å². The lowest BCUT2D eigenvalue weighted by molar-refractivity contribution is 0.462. The van der Waals surface area contributed by atoms with Crippen molar-refractivity contribution >= 4 is 27.5 Å². The largest absolute Gasteiger partial charge is 0.508 e. The number of phenolic OH excluding ortho intramolecular Hbond substituents is 1. The van der Waals surface area contributed by atoms with Crippen molar-refractivity contribution in [1.82, 2.24) is 20.1 Å². The minimum absolute atomic E-state index is 0.0787. The number of aromatic nitrogens is 3. The summed E-state index contributed by atoms with van der Waals surface area (Å²) in [4.78, 5) is 7.10. The van der Waals surface area contributed by atoms with E-state index in [4.69, 9.17) is 16.5 Å². The number of hydrogen-bond acceptors (Lipinski definition) is 5. The van der Waals surface area contributed by atoms with Crippen LogP contribution in [0, 0.1) is 18.2 Å². The molecule has 2 atom stereocenters. The molecule has 0 aliphatic carbocycles. The SMILES string of the molecule is C#Cc1c(F)ccc2cc(O)cc(-c3cc4c(cn3)c(N3CC5CCC(C3)N5)nn4CC)c12. The molecule has 2 fully saturated rings. The first kappa shape index (κ1) is 20.0. The van der Waals surface area contributed by atoms with E-state index in [1.54, 1.807) is 18.2 Å². The number of anilines is 1. The van der Waals surface area contributed by atoms with Crippen LogP contribution < -0.4 is 10.2 Å². The number of pyridine rings is 1. The summed E-state index contributed by atoms with van der Waals surface area (Å²) in [6, 6.07) is 9.12. The fraction of sp³-hybridized carbons (Fsp3) is 0.308. The van der Waals surface area contributed by atoms with E-state index < -0.39 is 5.82 Å². The van der Waals surface area contributed by atoms with Gasteiger partial charge in [0.15, 0.2) is 5.82 Å². The average Bonchev–Trinajstić information content (AvgIpc) is 3.37. The second-order valence-corrected chi connectivity index (χ2v) is 8.93. The molecule has 2 aromatic carbocycles. The van der Waals surface area contributed by atoms with Crippen LogP contribution in [0.5, 0.6) is 5.75 Å². The number of aryl methyl sites for hydroxylation is 1. The third-order valence-electron chi connectivity index (χ3n) is 6.90. The van der Waals surface area contributed by atoms with Crippen LogP contribution in [-0.4, -0.2) is 45.0 Å². The first-order valence-corrected chi connectivity index (χ1v) is 11.4. The van der Waals surface area contributed by atoms with Gasteiger partial charge in [-0.2, -0.15) is 5.10 Å². The quantitative estimate of drug-likeness (QED) is 0.470. The minimum atomic E-state index is -0.466. The van der Waals surface area contributed by atoms with Gasteiger partial charge in [-0.1, -0.05) is 12.0 Å². The highest BCUT2D eigenvalue weighted by molar-refractivity contribution is 6.02. The molecule has 4 aromatic rings. The first-order chi connectivity index (χ1) is 16.1. The Balaban J connectivity index is 1.53. The number of phenols is 1. The van der Waals surface area contributed by atoms with Crippen molar-refractivity contribution in [3.05, 3.63) is 47.9 Å². The Morgan fingerprint density at radius 2 is 2.00 bits per heavy atom. The normalized spacial score (nSPS) is 20.0. The van der Waals surface area contributed by atoms with Crippen LogP contribution in [-0.2, 0) is 6.54 Å². The maximum absolute atomic E-state index is 14.5. The van der Waals surface area contributed by atoms with Crippen LogP contribution in [0.25, 0.3) is 32.9 Å². The molecule has 0 radical (unpaired) electrons. The Labute approximate surface area is 191 Å². The molecule has 33 heavy (non-hydrogen) atoms. The maximum Gasteiger partial charge on any atom is 0.160 e. The van der Waals surface area contributed by atoms with Gasteiger partial charge in [-0.15, -0.1) is 6.42 Å². The number of nitrogens with one attached hydrogen (secondary N) is 1. The highest BCUT2D eigenvalue weighted by Crippen LogP contribution is 2.37. The molecule has 2 aliphatic rings. The monoisotopic (exact) mass is 441 g/mol. The first-order valence-electron chi connectivity index (χ1n) is 11.4. The van der Waals surface area contributed by atoms with Crippen molar-refractivity contribution < 1.29 is 9.50 Å². The third-order valence-corrected chi connectivity index (χ3v) is 6.90. The number of hydrogen-bond donors (Lipinski definition) is 2. The summed E-state index contributed by atoms with van der Waals surface area (Å²) in [5.74, 6) is 3.05. The van der Waals surface area contributed by atoms with Crippen LogP contribution in [0.15, 0.2) is 36.5 Å². The van der Waals surface area contributed by atoms with Gasteiger partial charge in [0.05, 0.1) is 22.2 Å². The van der Waals surface area contributed by atoms with Gasteiger partial charge in [0.2, 0.25) is 0 Å². The summed E-state index contributed by atoms with van der Waals surface area (Å²) in [5.41, 5.74) is 2.35. The lowest BCUT2D eigenvalue weighted by Crippen LogP contribution is -2.51. The molecular formula is C26H24FN5O. The van der Waals surface area contributed by atoms with Gasteiger partial charge in [0, 0.05) is 48.9 Å². The second-order valence-electron chi connectivity index (χ2n) is 8.93. The summed E-state index contributed by atoms with van der Waals surface area (Å²) in [6.45, 7) is 4.66. The Bertz CT molecular complexity index is 1440. The molecule has 0 amide bonds. The van der Waals surface area contributed by atoms with Crippen LogP contribution in [0.2, 0.25) is 0 Å². The Morgan fingerprint density at radius 3 is 2.73 bits per heavy atom. The highest BCUT2D eigenvalue weighted by Gasteiger charge is 2.34. The zero-order chi connectivity index (χ0) is 22.7. The van der Waals surface area contributed by atoms with Crippen molar-refractivity contribution in [2.75, 3.05) is 18.0 Å². The zero-order valence-electron chi connectivity index (χ0n) is 18.3. The summed E-state index contributed by atoms with van der Waals surface area (Å²) < 4.78 is 16.5. The van der Waals surface area contributed by atoms with E-state index in [1.165, 1.54) is 18.9 Å². The van der Waals surface area contributed by atoms with Gasteiger partial charge in [0.25, 0.3) is 0 Å². The van der Waals surface area contributed by atoms with Crippen LogP contribution >= 0.6 is 0 Å². The lowest BCUT2D eigenvalue weighted by Gasteiger charge is -2.33. The molecule has 6 nitrogen and oxygen atoms in total. The molecule has 0 spiro atoms. The number of rotatable bonds is 3. The Kier molecular flexibility index (Phi) is 4.52. The second kappa shape index (κ2) is 7.46. The predicted octanol–water partition coefficient (Wildman–Crippen LogP) is 4.04. The Hall–Kier alpha value is -3.63. The van der Waals surface area contributed by atoms with Crippen molar-refractivity contribution in [3.63, 3.8) is 0 Å². The van der Waals surface area contributed by atoms with E-state index in [0.29, 0.717) is 40.7 Å². The number of nitrogens with zero attached hydrogens (tertiary/aromatic N) is 4. The molecule has 6 rings (SSSR count). The summed E-state index contributed by atoms with van der Waals surface area (Å²) in [5, 5.41) is 21.2. The predicted molar refractivity (Wildman–Crippen MR) is 128 cm³/mol. The van der Waals surface area contributed by atoms with Gasteiger partial charge in [-0.05, 0) is 49.4 Å². The van der Waals surface area contributed by atoms with E-state index in [2.05, 4.69) is 23.1 Å². The molecular weight excluding hydrogens is 417 g/mol. The number of terminal acetylenes is 1. The van der Waals surface area contributed by atoms with Gasteiger partial charge < -0.3 is 15.3 Å². The number of fused-ring (bicyclic) bond motifs is 4. The molecule has 2 bridgehead atoms. The molecule has 4 heterocycles. The van der Waals surface area contributed by atoms with Gasteiger partial charge in [-0.25, -0.2) is 4.39 Å². The summed E-state index contributed by atoms with van der Waals surface area (Å²) in [7, 11) is 0. The molecule has 7 heteroatoms. The number of aromatic hydroxyl groups is 1. The Morgan fingerprint density at radius 1 is 1.21 bits per heavy atom. The lowest BCUT2D eigenvalue weighted by atomic mass is 9.96. The van der Waals surface area contributed by atoms with Crippen molar-refractivity contribution in [2.24, 2.45) is 0 Å². The molecule has 2 unspecified atom stereocenters. The van der Waals surface area contributed by atoms with Gasteiger partial charge in [0.1, 0.15) is 11.6 Å². The van der Waals surface area contributed by atoms with Gasteiger partial charge in [-0.3, -0.25) is 9.67 Å². The molecule has 166 valence electrons. The standard InChI is InChI=1S/C26H24FN5O/c1-3-19-22(27)8-5-15-9-18(33)10-20(25(15)19)23-11-24-21(12-28-23)26(30-32(24)4-2)31-13-16-6-7-17(14-31)29-16/h1,5,8-12,16-17,29,33H,4,6-7,13-14H2,2H3. The topological polar surface area (TPSA) is 66.2 Å². The summed E-state index contributed by atoms with van der Waals surface area (Å²) in [6.07, 6.45) is 9.90. The smallest absolute Gasteiger partial charge is 0.160 e. The van der Waals surface area contributed by atoms with E-state index in [1.807, 2.05) is 16.9 Å². The fourth-order valence-electron chi connectivity index (χ4n) is 5.41. The molecule has 0 saturated carbocycles. The molecule has 2 N–H and O–H groups in total. The number of benzene rings is 2. The third kappa shape index (κ3) is 3.13. The van der Waals surface area contributed by atoms with Crippen molar-refractivity contribution in [3.8, 4) is 29.4 Å². The van der Waals surface area contributed by atoms with E-state index in [9.17, 15) is 9.50 Å². The van der Waals surface area contributed by atoms with E-state index >= 15 is 0 Å². The molecule has 2 saturated heterocycles. The maximum atomic E-state index is 14.5.